The molecule has 1 heterocycles. The monoisotopic (exact) mass is 369 g/mol. The van der Waals surface area contributed by atoms with Gasteiger partial charge < -0.3 is 9.30 Å². The summed E-state index contributed by atoms with van der Waals surface area (Å²) in [6.45, 7) is 3.08. The predicted molar refractivity (Wildman–Crippen MR) is 98.5 cm³/mol. The Morgan fingerprint density at radius 3 is 2.78 bits per heavy atom. The number of aromatic nitrogens is 1. The highest BCUT2D eigenvalue weighted by atomic mass is 79.9. The van der Waals surface area contributed by atoms with Crippen LogP contribution < -0.4 is 4.74 Å². The summed E-state index contributed by atoms with van der Waals surface area (Å²) in [5.74, 6) is 1.01. The lowest BCUT2D eigenvalue weighted by Crippen LogP contribution is -2.04. The van der Waals surface area contributed by atoms with Crippen LogP contribution in [0.3, 0.4) is 0 Å². The molecule has 0 saturated heterocycles. The average molecular weight is 370 g/mol. The van der Waals surface area contributed by atoms with Gasteiger partial charge in [-0.2, -0.15) is 0 Å². The largest absolute Gasteiger partial charge is 0.496 e. The maximum Gasteiger partial charge on any atom is 0.128 e. The summed E-state index contributed by atoms with van der Waals surface area (Å²) in [5, 5.41) is 1.25. The van der Waals surface area contributed by atoms with Gasteiger partial charge in [-0.3, -0.25) is 0 Å². The van der Waals surface area contributed by atoms with Crippen molar-refractivity contribution in [2.75, 3.05) is 7.11 Å². The van der Waals surface area contributed by atoms with Gasteiger partial charge in [0.25, 0.3) is 0 Å². The van der Waals surface area contributed by atoms with Crippen molar-refractivity contribution < 1.29 is 4.74 Å². The first-order chi connectivity index (χ1) is 11.2. The van der Waals surface area contributed by atoms with Crippen LogP contribution in [0.25, 0.3) is 10.9 Å². The normalized spacial score (nSPS) is 13.5. The van der Waals surface area contributed by atoms with E-state index in [-0.39, 0.29) is 0 Å². The number of methoxy groups -OCH3 is 1. The molecule has 0 unspecified atom stereocenters. The van der Waals surface area contributed by atoms with Crippen molar-refractivity contribution in [2.45, 2.75) is 32.7 Å². The topological polar surface area (TPSA) is 14.2 Å². The molecular weight excluding hydrogens is 350 g/mol. The molecule has 0 radical (unpaired) electrons. The summed E-state index contributed by atoms with van der Waals surface area (Å²) in [6, 6.07) is 13.0. The van der Waals surface area contributed by atoms with Crippen molar-refractivity contribution in [3.63, 3.8) is 0 Å². The van der Waals surface area contributed by atoms with E-state index in [1.54, 1.807) is 7.11 Å². The van der Waals surface area contributed by atoms with E-state index in [0.717, 1.165) is 12.3 Å². The van der Waals surface area contributed by atoms with Crippen LogP contribution in [0.15, 0.2) is 40.9 Å². The third-order valence-electron chi connectivity index (χ3n) is 4.93. The second kappa shape index (κ2) is 5.72. The summed E-state index contributed by atoms with van der Waals surface area (Å²) in [7, 11) is 1.77. The molecule has 0 aliphatic heterocycles. The van der Waals surface area contributed by atoms with Crippen molar-refractivity contribution in [3.8, 4) is 5.75 Å². The molecule has 3 heteroatoms. The van der Waals surface area contributed by atoms with Crippen molar-refractivity contribution in [3.05, 3.63) is 63.3 Å². The SMILES string of the molecule is COc1cc2c(c3c1cc(C)n3Cc1ccccc1Br)CCC2. The van der Waals surface area contributed by atoms with E-state index >= 15 is 0 Å². The van der Waals surface area contributed by atoms with Gasteiger partial charge in [0, 0.05) is 22.1 Å². The third-order valence-corrected chi connectivity index (χ3v) is 5.70. The minimum Gasteiger partial charge on any atom is -0.496 e. The molecule has 0 fully saturated rings. The van der Waals surface area contributed by atoms with Crippen molar-refractivity contribution >= 4 is 26.8 Å². The van der Waals surface area contributed by atoms with E-state index in [1.165, 1.54) is 57.0 Å². The predicted octanol–water partition coefficient (Wildman–Crippen LogP) is 5.26. The standard InChI is InChI=1S/C20H20BrNO/c1-13-10-17-19(23-2)11-14-7-5-8-16(14)20(17)22(13)12-15-6-3-4-9-18(15)21/h3-4,6,9-11H,5,7-8,12H2,1-2H3. The van der Waals surface area contributed by atoms with E-state index in [2.05, 4.69) is 63.8 Å². The highest BCUT2D eigenvalue weighted by Gasteiger charge is 2.21. The Morgan fingerprint density at radius 2 is 2.00 bits per heavy atom. The van der Waals surface area contributed by atoms with Crippen molar-refractivity contribution in [1.82, 2.24) is 4.57 Å². The molecule has 0 spiro atoms. The van der Waals surface area contributed by atoms with Gasteiger partial charge in [-0.25, -0.2) is 0 Å². The van der Waals surface area contributed by atoms with Crippen LogP contribution >= 0.6 is 15.9 Å². The minimum absolute atomic E-state index is 0.885. The zero-order valence-electron chi connectivity index (χ0n) is 13.5. The lowest BCUT2D eigenvalue weighted by atomic mass is 10.1. The van der Waals surface area contributed by atoms with E-state index in [0.29, 0.717) is 0 Å². The van der Waals surface area contributed by atoms with Gasteiger partial charge in [-0.15, -0.1) is 0 Å². The fourth-order valence-corrected chi connectivity index (χ4v) is 4.20. The zero-order chi connectivity index (χ0) is 16.0. The summed E-state index contributed by atoms with van der Waals surface area (Å²) < 4.78 is 9.29. The van der Waals surface area contributed by atoms with Gasteiger partial charge >= 0.3 is 0 Å². The number of rotatable bonds is 3. The number of benzene rings is 2. The molecule has 23 heavy (non-hydrogen) atoms. The molecule has 0 atom stereocenters. The fraction of sp³-hybridized carbons (Fsp3) is 0.300. The highest BCUT2D eigenvalue weighted by molar-refractivity contribution is 9.10. The molecule has 118 valence electrons. The fourth-order valence-electron chi connectivity index (χ4n) is 3.79. The van der Waals surface area contributed by atoms with Crippen LogP contribution in [0, 0.1) is 6.92 Å². The zero-order valence-corrected chi connectivity index (χ0v) is 15.1. The quantitative estimate of drug-likeness (QED) is 0.614. The molecule has 2 aromatic carbocycles. The van der Waals surface area contributed by atoms with E-state index in [4.69, 9.17) is 4.74 Å². The van der Waals surface area contributed by atoms with Gasteiger partial charge in [-0.05, 0) is 61.1 Å². The Kier molecular flexibility index (Phi) is 3.68. The van der Waals surface area contributed by atoms with Gasteiger partial charge in [0.1, 0.15) is 5.75 Å². The van der Waals surface area contributed by atoms with E-state index < -0.39 is 0 Å². The number of halogens is 1. The molecule has 0 N–H and O–H groups in total. The Labute approximate surface area is 145 Å². The number of aryl methyl sites for hydroxylation is 3. The molecule has 3 aromatic rings. The van der Waals surface area contributed by atoms with Gasteiger partial charge in [0.15, 0.2) is 0 Å². The van der Waals surface area contributed by atoms with Crippen LogP contribution in [0.2, 0.25) is 0 Å². The van der Waals surface area contributed by atoms with E-state index in [1.807, 2.05) is 0 Å². The molecule has 0 bridgehead atoms. The summed E-state index contributed by atoms with van der Waals surface area (Å²) >= 11 is 3.68. The smallest absolute Gasteiger partial charge is 0.128 e. The molecule has 2 nitrogen and oxygen atoms in total. The molecule has 1 aromatic heterocycles. The highest BCUT2D eigenvalue weighted by Crippen LogP contribution is 2.38. The van der Waals surface area contributed by atoms with Crippen LogP contribution in [0.5, 0.6) is 5.75 Å². The van der Waals surface area contributed by atoms with E-state index in [9.17, 15) is 0 Å². The first-order valence-electron chi connectivity index (χ1n) is 8.11. The number of hydrogen-bond donors (Lipinski definition) is 0. The molecule has 0 amide bonds. The summed E-state index contributed by atoms with van der Waals surface area (Å²) in [5.41, 5.74) is 6.93. The van der Waals surface area contributed by atoms with Gasteiger partial charge in [-0.1, -0.05) is 34.1 Å². The maximum absolute atomic E-state index is 5.67. The lowest BCUT2D eigenvalue weighted by molar-refractivity contribution is 0.419. The van der Waals surface area contributed by atoms with Gasteiger partial charge in [0.2, 0.25) is 0 Å². The van der Waals surface area contributed by atoms with Crippen LogP contribution in [-0.2, 0) is 19.4 Å². The van der Waals surface area contributed by atoms with Crippen LogP contribution in [0.1, 0.15) is 28.8 Å². The molecule has 1 aliphatic rings. The minimum atomic E-state index is 0.885. The lowest BCUT2D eigenvalue weighted by Gasteiger charge is -2.14. The number of hydrogen-bond acceptors (Lipinski definition) is 1. The maximum atomic E-state index is 5.67. The number of fused-ring (bicyclic) bond motifs is 3. The Balaban J connectivity index is 1.95. The number of nitrogens with zero attached hydrogens (tertiary/aromatic N) is 1. The van der Waals surface area contributed by atoms with Crippen molar-refractivity contribution in [2.24, 2.45) is 0 Å². The van der Waals surface area contributed by atoms with Crippen LogP contribution in [-0.4, -0.2) is 11.7 Å². The molecule has 0 saturated carbocycles. The average Bonchev–Trinajstić information content (AvgIpc) is 3.13. The number of ether oxygens (including phenoxy) is 1. The first-order valence-corrected chi connectivity index (χ1v) is 8.90. The van der Waals surface area contributed by atoms with Gasteiger partial charge in [0.05, 0.1) is 12.6 Å². The Hall–Kier alpha value is -1.74. The molecule has 4 rings (SSSR count). The van der Waals surface area contributed by atoms with Crippen molar-refractivity contribution in [1.29, 1.82) is 0 Å². The summed E-state index contributed by atoms with van der Waals surface area (Å²) in [6.07, 6.45) is 3.59. The second-order valence-electron chi connectivity index (χ2n) is 6.30. The first kappa shape index (κ1) is 14.8. The second-order valence-corrected chi connectivity index (χ2v) is 7.15. The molecule has 1 aliphatic carbocycles. The molecular formula is C20H20BrNO. The summed E-state index contributed by atoms with van der Waals surface area (Å²) in [4.78, 5) is 0. The Morgan fingerprint density at radius 1 is 1.17 bits per heavy atom. The van der Waals surface area contributed by atoms with Crippen LogP contribution in [0.4, 0.5) is 0 Å². The Bertz CT molecular complexity index is 894. The third kappa shape index (κ3) is 2.38.